The second kappa shape index (κ2) is 9.48. The normalized spacial score (nSPS) is 21.5. The molecule has 8 heteroatoms. The van der Waals surface area contributed by atoms with E-state index in [0.29, 0.717) is 67.6 Å². The molecule has 3 aliphatic heterocycles. The predicted molar refractivity (Wildman–Crippen MR) is 121 cm³/mol. The van der Waals surface area contributed by atoms with Crippen molar-refractivity contribution in [1.29, 1.82) is 0 Å². The van der Waals surface area contributed by atoms with Gasteiger partial charge in [0.2, 0.25) is 0 Å². The molecule has 8 nitrogen and oxygen atoms in total. The van der Waals surface area contributed by atoms with E-state index >= 15 is 0 Å². The average Bonchev–Trinajstić information content (AvgIpc) is 3.48. The van der Waals surface area contributed by atoms with Crippen LogP contribution in [0.3, 0.4) is 0 Å². The number of hydrogen-bond donors (Lipinski definition) is 0. The number of unbranched alkanes of at least 4 members (excludes halogenated alkanes) is 1. The van der Waals surface area contributed by atoms with Gasteiger partial charge in [-0.2, -0.15) is 0 Å². The summed E-state index contributed by atoms with van der Waals surface area (Å²) in [6.45, 7) is 1.21. The maximum absolute atomic E-state index is 12.4. The Morgan fingerprint density at radius 2 is 1.12 bits per heavy atom. The summed E-state index contributed by atoms with van der Waals surface area (Å²) in [6.07, 6.45) is 3.07. The van der Waals surface area contributed by atoms with Gasteiger partial charge in [0.25, 0.3) is 23.6 Å². The van der Waals surface area contributed by atoms with E-state index < -0.39 is 0 Å². The minimum atomic E-state index is -0.313. The number of fused-ring (bicyclic) bond motifs is 2. The van der Waals surface area contributed by atoms with Gasteiger partial charge in [0.05, 0.1) is 35.0 Å². The zero-order valence-corrected chi connectivity index (χ0v) is 18.8. The van der Waals surface area contributed by atoms with E-state index in [0.717, 1.165) is 6.42 Å². The number of carbonyl (C=O) groups is 4. The summed E-state index contributed by atoms with van der Waals surface area (Å²) in [5.74, 6) is -0.931. The Hall–Kier alpha value is -3.36. The van der Waals surface area contributed by atoms with Crippen molar-refractivity contribution in [3.63, 3.8) is 0 Å². The number of imide groups is 2. The quantitative estimate of drug-likeness (QED) is 0.420. The number of ether oxygens (including phenoxy) is 2. The van der Waals surface area contributed by atoms with Gasteiger partial charge in [-0.1, -0.05) is 24.3 Å². The lowest BCUT2D eigenvalue weighted by Crippen LogP contribution is -2.31. The molecule has 5 rings (SSSR count). The van der Waals surface area contributed by atoms with Crippen molar-refractivity contribution >= 4 is 23.6 Å². The number of benzene rings is 2. The molecule has 0 saturated carbocycles. The van der Waals surface area contributed by atoms with E-state index in [1.54, 1.807) is 48.5 Å². The first-order valence-electron chi connectivity index (χ1n) is 11.7. The van der Waals surface area contributed by atoms with Crippen LogP contribution in [0, 0.1) is 0 Å². The zero-order valence-electron chi connectivity index (χ0n) is 18.8. The fraction of sp³-hybridized carbons (Fsp3) is 0.385. The van der Waals surface area contributed by atoms with Gasteiger partial charge in [0, 0.05) is 13.1 Å². The molecule has 2 aromatic carbocycles. The summed E-state index contributed by atoms with van der Waals surface area (Å²) in [6, 6.07) is 13.8. The molecule has 0 radical (unpaired) electrons. The summed E-state index contributed by atoms with van der Waals surface area (Å²) >= 11 is 0. The Kier molecular flexibility index (Phi) is 6.26. The molecule has 0 aromatic heterocycles. The van der Waals surface area contributed by atoms with E-state index in [4.69, 9.17) is 9.47 Å². The third-order valence-electron chi connectivity index (χ3n) is 6.55. The SMILES string of the molecule is O=C1c2ccccc2C(=O)N1CCCC[C@H]1OC[C@H](CCCN2C(=O)c3ccccc3C2=O)O1. The summed E-state index contributed by atoms with van der Waals surface area (Å²) < 4.78 is 11.7. The average molecular weight is 463 g/mol. The molecule has 3 heterocycles. The molecule has 1 saturated heterocycles. The first-order chi connectivity index (χ1) is 16.5. The molecule has 1 fully saturated rings. The molecule has 2 atom stereocenters. The fourth-order valence-corrected chi connectivity index (χ4v) is 4.75. The van der Waals surface area contributed by atoms with Crippen LogP contribution in [0.1, 0.15) is 73.5 Å². The van der Waals surface area contributed by atoms with Gasteiger partial charge in [-0.05, 0) is 56.4 Å². The molecule has 0 unspecified atom stereocenters. The molecule has 0 bridgehead atoms. The maximum Gasteiger partial charge on any atom is 0.261 e. The minimum absolute atomic E-state index is 0.0728. The van der Waals surface area contributed by atoms with Gasteiger partial charge >= 0.3 is 0 Å². The van der Waals surface area contributed by atoms with Crippen molar-refractivity contribution in [2.75, 3.05) is 19.7 Å². The molecule has 176 valence electrons. The molecule has 0 aliphatic carbocycles. The van der Waals surface area contributed by atoms with Crippen molar-refractivity contribution < 1.29 is 28.7 Å². The number of nitrogens with zero attached hydrogens (tertiary/aromatic N) is 2. The van der Waals surface area contributed by atoms with Gasteiger partial charge in [-0.3, -0.25) is 29.0 Å². The van der Waals surface area contributed by atoms with Crippen LogP contribution < -0.4 is 0 Å². The van der Waals surface area contributed by atoms with Gasteiger partial charge in [0.15, 0.2) is 6.29 Å². The summed E-state index contributed by atoms with van der Waals surface area (Å²) in [7, 11) is 0. The Bertz CT molecular complexity index is 1080. The van der Waals surface area contributed by atoms with Crippen LogP contribution in [0.4, 0.5) is 0 Å². The van der Waals surface area contributed by atoms with Crippen molar-refractivity contribution in [2.45, 2.75) is 44.5 Å². The number of carbonyl (C=O) groups excluding carboxylic acids is 4. The lowest BCUT2D eigenvalue weighted by Gasteiger charge is -2.16. The first-order valence-corrected chi connectivity index (χ1v) is 11.7. The number of hydrogen-bond acceptors (Lipinski definition) is 6. The van der Waals surface area contributed by atoms with Gasteiger partial charge < -0.3 is 9.47 Å². The summed E-state index contributed by atoms with van der Waals surface area (Å²) in [4.78, 5) is 52.3. The number of amides is 4. The Morgan fingerprint density at radius 3 is 1.62 bits per heavy atom. The molecule has 2 aromatic rings. The van der Waals surface area contributed by atoms with E-state index in [9.17, 15) is 19.2 Å². The molecule has 3 aliphatic rings. The highest BCUT2D eigenvalue weighted by Crippen LogP contribution is 2.26. The lowest BCUT2D eigenvalue weighted by molar-refractivity contribution is -0.0644. The van der Waals surface area contributed by atoms with Crippen LogP contribution in [0.2, 0.25) is 0 Å². The molecule has 4 amide bonds. The molecular weight excluding hydrogens is 436 g/mol. The van der Waals surface area contributed by atoms with E-state index in [1.807, 2.05) is 0 Å². The van der Waals surface area contributed by atoms with Gasteiger partial charge in [-0.25, -0.2) is 0 Å². The van der Waals surface area contributed by atoms with Crippen LogP contribution >= 0.6 is 0 Å². The van der Waals surface area contributed by atoms with E-state index in [2.05, 4.69) is 0 Å². The third kappa shape index (κ3) is 4.15. The lowest BCUT2D eigenvalue weighted by atomic mass is 10.1. The van der Waals surface area contributed by atoms with Crippen LogP contribution in [0.5, 0.6) is 0 Å². The monoisotopic (exact) mass is 462 g/mol. The van der Waals surface area contributed by atoms with Crippen molar-refractivity contribution in [3.05, 3.63) is 70.8 Å². The van der Waals surface area contributed by atoms with Crippen LogP contribution in [0.25, 0.3) is 0 Å². The Labute approximate surface area is 197 Å². The van der Waals surface area contributed by atoms with Crippen LogP contribution in [-0.4, -0.2) is 65.5 Å². The summed E-state index contributed by atoms with van der Waals surface area (Å²) in [5.41, 5.74) is 1.88. The number of rotatable bonds is 9. The standard InChI is InChI=1S/C26H26N2O6/c29-23-18-9-1-2-10-19(18)24(30)27(23)14-6-5-13-22-33-16-17(34-22)8-7-15-28-25(31)20-11-3-4-12-21(20)26(28)32/h1-4,9-12,17,22H,5-8,13-16H2/t17-,22-/m0/s1. The second-order valence-electron chi connectivity index (χ2n) is 8.77. The van der Waals surface area contributed by atoms with Crippen molar-refractivity contribution in [1.82, 2.24) is 9.80 Å². The minimum Gasteiger partial charge on any atom is -0.350 e. The largest absolute Gasteiger partial charge is 0.350 e. The highest BCUT2D eigenvalue weighted by atomic mass is 16.7. The Balaban J connectivity index is 1.00. The Morgan fingerprint density at radius 1 is 0.647 bits per heavy atom. The highest BCUT2D eigenvalue weighted by molar-refractivity contribution is 6.22. The van der Waals surface area contributed by atoms with Crippen molar-refractivity contribution in [2.24, 2.45) is 0 Å². The van der Waals surface area contributed by atoms with Crippen LogP contribution in [-0.2, 0) is 9.47 Å². The molecule has 0 spiro atoms. The third-order valence-corrected chi connectivity index (χ3v) is 6.55. The van der Waals surface area contributed by atoms with Gasteiger partial charge in [-0.15, -0.1) is 0 Å². The summed E-state index contributed by atoms with van der Waals surface area (Å²) in [5, 5.41) is 0. The molecule has 34 heavy (non-hydrogen) atoms. The van der Waals surface area contributed by atoms with Gasteiger partial charge in [0.1, 0.15) is 0 Å². The maximum atomic E-state index is 12.4. The van der Waals surface area contributed by atoms with E-state index in [-0.39, 0.29) is 36.0 Å². The van der Waals surface area contributed by atoms with E-state index in [1.165, 1.54) is 9.80 Å². The van der Waals surface area contributed by atoms with Crippen molar-refractivity contribution in [3.8, 4) is 0 Å². The predicted octanol–water partition coefficient (Wildman–Crippen LogP) is 3.27. The smallest absolute Gasteiger partial charge is 0.261 e. The highest BCUT2D eigenvalue weighted by Gasteiger charge is 2.36. The first kappa shape index (κ1) is 22.4. The fourth-order valence-electron chi connectivity index (χ4n) is 4.75. The van der Waals surface area contributed by atoms with Crippen LogP contribution in [0.15, 0.2) is 48.5 Å². The zero-order chi connectivity index (χ0) is 23.7. The topological polar surface area (TPSA) is 93.2 Å². The molecular formula is C26H26N2O6. The second-order valence-corrected chi connectivity index (χ2v) is 8.77. The molecule has 0 N–H and O–H groups in total.